The lowest BCUT2D eigenvalue weighted by atomic mass is 10.1. The summed E-state index contributed by atoms with van der Waals surface area (Å²) in [6.45, 7) is 9.69. The molecule has 0 unspecified atom stereocenters. The van der Waals surface area contributed by atoms with Gasteiger partial charge in [0.25, 0.3) is 0 Å². The summed E-state index contributed by atoms with van der Waals surface area (Å²) in [7, 11) is 0. The topological polar surface area (TPSA) is 67.4 Å². The van der Waals surface area contributed by atoms with Gasteiger partial charge in [0.2, 0.25) is 0 Å². The molecule has 0 saturated carbocycles. The predicted molar refractivity (Wildman–Crippen MR) is 78.4 cm³/mol. The molecule has 0 heterocycles. The Morgan fingerprint density at radius 3 is 2.35 bits per heavy atom. The first kappa shape index (κ1) is 15.8. The van der Waals surface area contributed by atoms with Gasteiger partial charge >= 0.3 is 11.8 Å². The third-order valence-corrected chi connectivity index (χ3v) is 2.75. The number of ether oxygens (including phenoxy) is 1. The number of hydrogen-bond acceptors (Lipinski definition) is 3. The predicted octanol–water partition coefficient (Wildman–Crippen LogP) is 1.83. The van der Waals surface area contributed by atoms with E-state index in [9.17, 15) is 9.59 Å². The lowest BCUT2D eigenvalue weighted by Gasteiger charge is -2.12. The molecule has 0 atom stereocenters. The Bertz CT molecular complexity index is 501. The summed E-state index contributed by atoms with van der Waals surface area (Å²) in [6.07, 6.45) is 1.28. The summed E-state index contributed by atoms with van der Waals surface area (Å²) in [6, 6.07) is 3.91. The van der Waals surface area contributed by atoms with Crippen LogP contribution in [0.25, 0.3) is 0 Å². The summed E-state index contributed by atoms with van der Waals surface area (Å²) in [5.74, 6) is -1.37. The van der Waals surface area contributed by atoms with Crippen LogP contribution in [0.15, 0.2) is 25.0 Å². The Balaban J connectivity index is 2.62. The SMILES string of the molecule is C=COCCNC(=O)C(=O)Nc1c(C)cc(C)cc1C. The van der Waals surface area contributed by atoms with Crippen LogP contribution < -0.4 is 10.6 Å². The second-order valence-electron chi connectivity index (χ2n) is 4.52. The molecule has 0 saturated heterocycles. The van der Waals surface area contributed by atoms with Crippen LogP contribution in [0, 0.1) is 20.8 Å². The molecule has 108 valence electrons. The van der Waals surface area contributed by atoms with Crippen molar-refractivity contribution in [2.45, 2.75) is 20.8 Å². The van der Waals surface area contributed by atoms with Crippen molar-refractivity contribution in [1.29, 1.82) is 0 Å². The third-order valence-electron chi connectivity index (χ3n) is 2.75. The highest BCUT2D eigenvalue weighted by molar-refractivity contribution is 6.39. The van der Waals surface area contributed by atoms with Gasteiger partial charge in [-0.3, -0.25) is 9.59 Å². The minimum atomic E-state index is -0.683. The summed E-state index contributed by atoms with van der Waals surface area (Å²) < 4.78 is 4.85. The van der Waals surface area contributed by atoms with Crippen molar-refractivity contribution in [3.8, 4) is 0 Å². The molecule has 0 radical (unpaired) electrons. The number of anilines is 1. The van der Waals surface area contributed by atoms with Gasteiger partial charge in [0, 0.05) is 5.69 Å². The highest BCUT2D eigenvalue weighted by Crippen LogP contribution is 2.21. The second kappa shape index (κ2) is 7.33. The van der Waals surface area contributed by atoms with Crippen molar-refractivity contribution in [2.75, 3.05) is 18.5 Å². The standard InChI is InChI=1S/C15H20N2O3/c1-5-20-7-6-16-14(18)15(19)17-13-11(3)8-10(2)9-12(13)4/h5,8-9H,1,6-7H2,2-4H3,(H,16,18)(H,17,19). The van der Waals surface area contributed by atoms with Gasteiger partial charge in [-0.1, -0.05) is 24.3 Å². The van der Waals surface area contributed by atoms with E-state index in [0.717, 1.165) is 16.7 Å². The Kier molecular flexibility index (Phi) is 5.77. The van der Waals surface area contributed by atoms with E-state index >= 15 is 0 Å². The lowest BCUT2D eigenvalue weighted by molar-refractivity contribution is -0.136. The molecule has 5 heteroatoms. The number of nitrogens with one attached hydrogen (secondary N) is 2. The van der Waals surface area contributed by atoms with E-state index < -0.39 is 11.8 Å². The van der Waals surface area contributed by atoms with Gasteiger partial charge in [0.15, 0.2) is 0 Å². The normalized spacial score (nSPS) is 9.75. The van der Waals surface area contributed by atoms with E-state index in [1.807, 2.05) is 32.9 Å². The quantitative estimate of drug-likeness (QED) is 0.490. The number of carbonyl (C=O) groups excluding carboxylic acids is 2. The average molecular weight is 276 g/mol. The first-order valence-electron chi connectivity index (χ1n) is 6.35. The van der Waals surface area contributed by atoms with Crippen LogP contribution in [0.5, 0.6) is 0 Å². The van der Waals surface area contributed by atoms with Crippen molar-refractivity contribution < 1.29 is 14.3 Å². The Morgan fingerprint density at radius 2 is 1.80 bits per heavy atom. The van der Waals surface area contributed by atoms with Crippen LogP contribution >= 0.6 is 0 Å². The lowest BCUT2D eigenvalue weighted by Crippen LogP contribution is -2.37. The Hall–Kier alpha value is -2.30. The smallest absolute Gasteiger partial charge is 0.313 e. The number of hydrogen-bond donors (Lipinski definition) is 2. The molecule has 0 aliphatic heterocycles. The van der Waals surface area contributed by atoms with Gasteiger partial charge in [-0.15, -0.1) is 0 Å². The summed E-state index contributed by atoms with van der Waals surface area (Å²) in [5, 5.41) is 5.10. The van der Waals surface area contributed by atoms with Gasteiger partial charge in [-0.25, -0.2) is 0 Å². The maximum Gasteiger partial charge on any atom is 0.313 e. The highest BCUT2D eigenvalue weighted by atomic mass is 16.5. The van der Waals surface area contributed by atoms with Crippen LogP contribution in [0.2, 0.25) is 0 Å². The van der Waals surface area contributed by atoms with E-state index in [2.05, 4.69) is 17.2 Å². The van der Waals surface area contributed by atoms with Crippen LogP contribution in [0.3, 0.4) is 0 Å². The van der Waals surface area contributed by atoms with Crippen molar-refractivity contribution in [1.82, 2.24) is 5.32 Å². The van der Waals surface area contributed by atoms with Crippen molar-refractivity contribution in [3.63, 3.8) is 0 Å². The largest absolute Gasteiger partial charge is 0.500 e. The number of benzene rings is 1. The molecule has 1 aromatic carbocycles. The maximum absolute atomic E-state index is 11.8. The number of aryl methyl sites for hydroxylation is 3. The van der Waals surface area contributed by atoms with Crippen molar-refractivity contribution in [3.05, 3.63) is 41.7 Å². The molecule has 20 heavy (non-hydrogen) atoms. The summed E-state index contributed by atoms with van der Waals surface area (Å²) >= 11 is 0. The minimum absolute atomic E-state index is 0.254. The van der Waals surface area contributed by atoms with E-state index in [1.165, 1.54) is 6.26 Å². The molecule has 0 bridgehead atoms. The molecular formula is C15H20N2O3. The molecule has 0 aliphatic carbocycles. The molecule has 1 aromatic rings. The van der Waals surface area contributed by atoms with E-state index in [-0.39, 0.29) is 13.2 Å². The van der Waals surface area contributed by atoms with Crippen LogP contribution in [-0.4, -0.2) is 25.0 Å². The molecular weight excluding hydrogens is 256 g/mol. The monoisotopic (exact) mass is 276 g/mol. The fourth-order valence-corrected chi connectivity index (χ4v) is 1.93. The molecule has 2 N–H and O–H groups in total. The highest BCUT2D eigenvalue weighted by Gasteiger charge is 2.15. The summed E-state index contributed by atoms with van der Waals surface area (Å²) in [4.78, 5) is 23.4. The second-order valence-corrected chi connectivity index (χ2v) is 4.52. The van der Waals surface area contributed by atoms with Crippen molar-refractivity contribution in [2.24, 2.45) is 0 Å². The van der Waals surface area contributed by atoms with Crippen LogP contribution in [-0.2, 0) is 14.3 Å². The van der Waals surface area contributed by atoms with Crippen LogP contribution in [0.4, 0.5) is 5.69 Å². The van der Waals surface area contributed by atoms with Gasteiger partial charge in [0.05, 0.1) is 12.8 Å². The zero-order valence-corrected chi connectivity index (χ0v) is 12.1. The molecule has 2 amide bonds. The average Bonchev–Trinajstić information content (AvgIpc) is 2.38. The van der Waals surface area contributed by atoms with E-state index in [0.29, 0.717) is 5.69 Å². The van der Waals surface area contributed by atoms with Gasteiger partial charge in [-0.05, 0) is 31.9 Å². The molecule has 0 spiro atoms. The molecule has 0 aliphatic rings. The minimum Gasteiger partial charge on any atom is -0.500 e. The van der Waals surface area contributed by atoms with Crippen molar-refractivity contribution >= 4 is 17.5 Å². The first-order chi connectivity index (χ1) is 9.45. The molecule has 1 rings (SSSR count). The zero-order valence-electron chi connectivity index (χ0n) is 12.1. The van der Waals surface area contributed by atoms with E-state index in [1.54, 1.807) is 0 Å². The van der Waals surface area contributed by atoms with Gasteiger partial charge < -0.3 is 15.4 Å². The number of amides is 2. The zero-order chi connectivity index (χ0) is 15.1. The summed E-state index contributed by atoms with van der Waals surface area (Å²) in [5.41, 5.74) is 3.65. The maximum atomic E-state index is 11.8. The molecule has 5 nitrogen and oxygen atoms in total. The van der Waals surface area contributed by atoms with E-state index in [4.69, 9.17) is 4.74 Å². The fourth-order valence-electron chi connectivity index (χ4n) is 1.93. The first-order valence-corrected chi connectivity index (χ1v) is 6.35. The van der Waals surface area contributed by atoms with Gasteiger partial charge in [0.1, 0.15) is 6.61 Å². The van der Waals surface area contributed by atoms with Crippen LogP contribution in [0.1, 0.15) is 16.7 Å². The third kappa shape index (κ3) is 4.42. The number of carbonyl (C=O) groups is 2. The molecule has 0 fully saturated rings. The fraction of sp³-hybridized carbons (Fsp3) is 0.333. The number of rotatable bonds is 5. The van der Waals surface area contributed by atoms with Gasteiger partial charge in [-0.2, -0.15) is 0 Å². The Morgan fingerprint density at radius 1 is 1.20 bits per heavy atom. The Labute approximate surface area is 119 Å². The molecule has 0 aromatic heterocycles.